The number of fused-ring (bicyclic) bond motifs is 2. The maximum Gasteiger partial charge on any atom is 0.317 e. The Balaban J connectivity index is 1.98. The summed E-state index contributed by atoms with van der Waals surface area (Å²) in [4.78, 5) is 47.0. The summed E-state index contributed by atoms with van der Waals surface area (Å²) < 4.78 is 11.1. The standard InChI is InChI=1S/C18H16O7/c1-18(2)12(24-14(21)8-13(19)20)7-11-16(23)15(22)9-5-3-4-6-10(9)17(11)25-18/h3-6,12H,7-8H2,1-2H3,(H,19,20). The predicted octanol–water partition coefficient (Wildman–Crippen LogP) is 1.75. The zero-order valence-electron chi connectivity index (χ0n) is 13.7. The van der Waals surface area contributed by atoms with Crippen LogP contribution >= 0.6 is 0 Å². The van der Waals surface area contributed by atoms with Crippen molar-refractivity contribution in [2.45, 2.75) is 38.4 Å². The fourth-order valence-corrected chi connectivity index (χ4v) is 2.97. The van der Waals surface area contributed by atoms with Crippen LogP contribution in [0.5, 0.6) is 0 Å². The molecule has 7 heteroatoms. The number of carboxylic acid groups (broad SMARTS) is 1. The van der Waals surface area contributed by atoms with Crippen LogP contribution in [-0.4, -0.2) is 40.3 Å². The Morgan fingerprint density at radius 2 is 1.84 bits per heavy atom. The average molecular weight is 344 g/mol. The van der Waals surface area contributed by atoms with E-state index in [1.54, 1.807) is 38.1 Å². The quantitative estimate of drug-likeness (QED) is 0.505. The van der Waals surface area contributed by atoms with E-state index in [1.165, 1.54) is 0 Å². The van der Waals surface area contributed by atoms with Crippen molar-refractivity contribution in [3.05, 3.63) is 41.0 Å². The zero-order valence-corrected chi connectivity index (χ0v) is 13.7. The predicted molar refractivity (Wildman–Crippen MR) is 84.6 cm³/mol. The van der Waals surface area contributed by atoms with Gasteiger partial charge in [0.25, 0.3) is 0 Å². The normalized spacial score (nSPS) is 21.1. The smallest absolute Gasteiger partial charge is 0.317 e. The molecule has 0 aromatic heterocycles. The molecule has 1 unspecified atom stereocenters. The molecule has 7 nitrogen and oxygen atoms in total. The molecule has 0 radical (unpaired) electrons. The molecule has 0 saturated heterocycles. The van der Waals surface area contributed by atoms with Gasteiger partial charge < -0.3 is 14.6 Å². The summed E-state index contributed by atoms with van der Waals surface area (Å²) in [5, 5.41) is 8.68. The van der Waals surface area contributed by atoms with E-state index in [-0.39, 0.29) is 17.6 Å². The first-order valence-electron chi connectivity index (χ1n) is 7.72. The van der Waals surface area contributed by atoms with Gasteiger partial charge in [0.05, 0.1) is 5.57 Å². The number of aliphatic carboxylic acids is 1. The van der Waals surface area contributed by atoms with Crippen LogP contribution in [0.15, 0.2) is 29.8 Å². The number of hydrogen-bond acceptors (Lipinski definition) is 6. The van der Waals surface area contributed by atoms with Crippen molar-refractivity contribution in [3.63, 3.8) is 0 Å². The van der Waals surface area contributed by atoms with Crippen LogP contribution in [0, 0.1) is 0 Å². The van der Waals surface area contributed by atoms with Crippen molar-refractivity contribution in [3.8, 4) is 0 Å². The first kappa shape index (κ1) is 16.9. The van der Waals surface area contributed by atoms with Gasteiger partial charge in [0.15, 0.2) is 0 Å². The molecule has 1 aliphatic heterocycles. The van der Waals surface area contributed by atoms with E-state index in [1.807, 2.05) is 0 Å². The molecule has 0 amide bonds. The minimum atomic E-state index is -1.31. The second kappa shape index (κ2) is 5.84. The summed E-state index contributed by atoms with van der Waals surface area (Å²) in [6.45, 7) is 3.36. The highest BCUT2D eigenvalue weighted by Crippen LogP contribution is 2.42. The molecule has 0 spiro atoms. The van der Waals surface area contributed by atoms with Gasteiger partial charge in [0.2, 0.25) is 11.6 Å². The van der Waals surface area contributed by atoms with E-state index in [4.69, 9.17) is 14.6 Å². The number of rotatable bonds is 3. The van der Waals surface area contributed by atoms with Crippen molar-refractivity contribution in [1.29, 1.82) is 0 Å². The summed E-state index contributed by atoms with van der Waals surface area (Å²) in [6, 6.07) is 6.67. The van der Waals surface area contributed by atoms with Gasteiger partial charge in [0.1, 0.15) is 23.9 Å². The van der Waals surface area contributed by atoms with Crippen molar-refractivity contribution in [2.75, 3.05) is 0 Å². The number of esters is 1. The van der Waals surface area contributed by atoms with E-state index in [0.717, 1.165) is 0 Å². The van der Waals surface area contributed by atoms with Gasteiger partial charge in [0, 0.05) is 17.5 Å². The van der Waals surface area contributed by atoms with Crippen LogP contribution in [-0.2, 0) is 23.9 Å². The summed E-state index contributed by atoms with van der Waals surface area (Å²) in [6.07, 6.45) is -1.67. The highest BCUT2D eigenvalue weighted by Gasteiger charge is 2.46. The highest BCUT2D eigenvalue weighted by molar-refractivity contribution is 6.52. The van der Waals surface area contributed by atoms with E-state index < -0.39 is 41.6 Å². The number of carbonyl (C=O) groups is 4. The molecular formula is C18H16O7. The third kappa shape index (κ3) is 2.93. The van der Waals surface area contributed by atoms with E-state index in [2.05, 4.69) is 0 Å². The molecule has 1 heterocycles. The second-order valence-corrected chi connectivity index (χ2v) is 6.47. The molecule has 2 aliphatic rings. The fourth-order valence-electron chi connectivity index (χ4n) is 2.97. The lowest BCUT2D eigenvalue weighted by Gasteiger charge is -2.41. The molecule has 0 bridgehead atoms. The lowest BCUT2D eigenvalue weighted by Crippen LogP contribution is -2.47. The molecule has 0 fully saturated rings. The maximum atomic E-state index is 12.4. The summed E-state index contributed by atoms with van der Waals surface area (Å²) in [7, 11) is 0. The molecule has 1 aliphatic carbocycles. The monoisotopic (exact) mass is 344 g/mol. The Hall–Kier alpha value is -2.96. The molecule has 1 aromatic carbocycles. The van der Waals surface area contributed by atoms with Crippen LogP contribution in [0.3, 0.4) is 0 Å². The number of carboxylic acids is 1. The van der Waals surface area contributed by atoms with E-state index in [9.17, 15) is 19.2 Å². The SMILES string of the molecule is CC1(C)OC2=C(CC1OC(=O)CC(=O)O)C(=O)C(=O)c1ccccc12. The Morgan fingerprint density at radius 3 is 2.48 bits per heavy atom. The van der Waals surface area contributed by atoms with E-state index >= 15 is 0 Å². The summed E-state index contributed by atoms with van der Waals surface area (Å²) in [5.41, 5.74) is -0.0224. The number of hydrogen-bond donors (Lipinski definition) is 1. The number of ketones is 2. The van der Waals surface area contributed by atoms with Gasteiger partial charge in [-0.15, -0.1) is 0 Å². The largest absolute Gasteiger partial charge is 0.483 e. The van der Waals surface area contributed by atoms with Crippen LogP contribution in [0.1, 0.15) is 42.6 Å². The summed E-state index contributed by atoms with van der Waals surface area (Å²) in [5.74, 6) is -3.24. The lowest BCUT2D eigenvalue weighted by atomic mass is 9.81. The molecular weight excluding hydrogens is 328 g/mol. The average Bonchev–Trinajstić information content (AvgIpc) is 2.53. The Kier molecular flexibility index (Phi) is 3.94. The van der Waals surface area contributed by atoms with Gasteiger partial charge in [-0.05, 0) is 13.8 Å². The number of Topliss-reactive ketones (excluding diaryl/α,β-unsaturated/α-hetero) is 2. The van der Waals surface area contributed by atoms with Crippen molar-refractivity contribution in [2.24, 2.45) is 0 Å². The molecule has 1 N–H and O–H groups in total. The first-order chi connectivity index (χ1) is 11.7. The third-order valence-electron chi connectivity index (χ3n) is 4.27. The van der Waals surface area contributed by atoms with Crippen LogP contribution in [0.2, 0.25) is 0 Å². The van der Waals surface area contributed by atoms with E-state index in [0.29, 0.717) is 11.3 Å². The second-order valence-electron chi connectivity index (χ2n) is 6.47. The van der Waals surface area contributed by atoms with Gasteiger partial charge in [-0.2, -0.15) is 0 Å². The molecule has 130 valence electrons. The summed E-state index contributed by atoms with van der Waals surface area (Å²) >= 11 is 0. The lowest BCUT2D eigenvalue weighted by molar-refractivity contribution is -0.166. The number of carbonyl (C=O) groups excluding carboxylic acids is 3. The first-order valence-corrected chi connectivity index (χ1v) is 7.72. The number of benzene rings is 1. The van der Waals surface area contributed by atoms with Gasteiger partial charge in [-0.1, -0.05) is 24.3 Å². The Morgan fingerprint density at radius 1 is 1.20 bits per heavy atom. The Labute approximate surface area is 143 Å². The van der Waals surface area contributed by atoms with Crippen LogP contribution in [0.4, 0.5) is 0 Å². The zero-order chi connectivity index (χ0) is 18.4. The van der Waals surface area contributed by atoms with Gasteiger partial charge in [-0.3, -0.25) is 19.2 Å². The van der Waals surface area contributed by atoms with Crippen molar-refractivity contribution < 1.29 is 33.8 Å². The highest BCUT2D eigenvalue weighted by atomic mass is 16.6. The van der Waals surface area contributed by atoms with Crippen molar-refractivity contribution >= 4 is 29.3 Å². The Bertz CT molecular complexity index is 832. The minimum Gasteiger partial charge on any atom is -0.483 e. The number of ether oxygens (including phenoxy) is 2. The molecule has 3 rings (SSSR count). The third-order valence-corrected chi connectivity index (χ3v) is 4.27. The van der Waals surface area contributed by atoms with Crippen molar-refractivity contribution in [1.82, 2.24) is 0 Å². The van der Waals surface area contributed by atoms with Crippen LogP contribution < -0.4 is 0 Å². The van der Waals surface area contributed by atoms with Gasteiger partial charge in [-0.25, -0.2) is 0 Å². The fraction of sp³-hybridized carbons (Fsp3) is 0.333. The minimum absolute atomic E-state index is 0.00734. The molecule has 1 atom stereocenters. The molecule has 0 saturated carbocycles. The maximum absolute atomic E-state index is 12.4. The van der Waals surface area contributed by atoms with Gasteiger partial charge >= 0.3 is 11.9 Å². The molecule has 1 aromatic rings. The van der Waals surface area contributed by atoms with Crippen LogP contribution in [0.25, 0.3) is 5.76 Å². The molecule has 25 heavy (non-hydrogen) atoms. The topological polar surface area (TPSA) is 107 Å².